The standard InChI is InChI=1S/C24H28N2O2/c1-16-7-3-5-9-21(16)25-23(27)18-11-13-19(14-12-18)24(28)26-17(2)15-20-8-4-6-10-22(20)26/h3-10,17-19H,11-15H2,1-2H3,(H,25,27). The van der Waals surface area contributed by atoms with Crippen molar-refractivity contribution < 1.29 is 9.59 Å². The lowest BCUT2D eigenvalue weighted by molar-refractivity contribution is -0.126. The second kappa shape index (κ2) is 7.78. The lowest BCUT2D eigenvalue weighted by atomic mass is 9.80. The highest BCUT2D eigenvalue weighted by molar-refractivity contribution is 5.98. The van der Waals surface area contributed by atoms with Crippen LogP contribution in [-0.4, -0.2) is 17.9 Å². The molecule has 2 aliphatic rings. The van der Waals surface area contributed by atoms with Gasteiger partial charge in [0.2, 0.25) is 11.8 Å². The number of hydrogen-bond acceptors (Lipinski definition) is 2. The van der Waals surface area contributed by atoms with E-state index in [1.54, 1.807) is 0 Å². The fourth-order valence-electron chi connectivity index (χ4n) is 4.65. The quantitative estimate of drug-likeness (QED) is 0.843. The van der Waals surface area contributed by atoms with Crippen molar-refractivity contribution in [3.05, 3.63) is 59.7 Å². The van der Waals surface area contributed by atoms with Crippen molar-refractivity contribution in [1.82, 2.24) is 0 Å². The monoisotopic (exact) mass is 376 g/mol. The summed E-state index contributed by atoms with van der Waals surface area (Å²) in [5.74, 6) is 0.332. The van der Waals surface area contributed by atoms with Crippen LogP contribution in [0.1, 0.15) is 43.7 Å². The first kappa shape index (κ1) is 18.7. The largest absolute Gasteiger partial charge is 0.326 e. The Morgan fingerprint density at radius 3 is 2.32 bits per heavy atom. The Morgan fingerprint density at radius 2 is 1.57 bits per heavy atom. The molecule has 0 aromatic heterocycles. The van der Waals surface area contributed by atoms with E-state index in [2.05, 4.69) is 24.4 Å². The predicted molar refractivity (Wildman–Crippen MR) is 112 cm³/mol. The van der Waals surface area contributed by atoms with E-state index < -0.39 is 0 Å². The Kier molecular flexibility index (Phi) is 5.21. The molecule has 1 unspecified atom stereocenters. The summed E-state index contributed by atoms with van der Waals surface area (Å²) in [6.45, 7) is 4.12. The molecule has 1 N–H and O–H groups in total. The molecule has 1 atom stereocenters. The first-order valence-corrected chi connectivity index (χ1v) is 10.3. The molecule has 0 spiro atoms. The van der Waals surface area contributed by atoms with E-state index in [4.69, 9.17) is 0 Å². The van der Waals surface area contributed by atoms with Crippen LogP contribution in [0.3, 0.4) is 0 Å². The highest BCUT2D eigenvalue weighted by Crippen LogP contribution is 2.37. The van der Waals surface area contributed by atoms with Gasteiger partial charge in [0.05, 0.1) is 0 Å². The van der Waals surface area contributed by atoms with E-state index in [1.165, 1.54) is 5.56 Å². The van der Waals surface area contributed by atoms with Gasteiger partial charge in [-0.2, -0.15) is 0 Å². The van der Waals surface area contributed by atoms with Crippen molar-refractivity contribution in [2.75, 3.05) is 10.2 Å². The van der Waals surface area contributed by atoms with E-state index in [1.807, 2.05) is 48.2 Å². The molecule has 2 aromatic carbocycles. The number of nitrogens with zero attached hydrogens (tertiary/aromatic N) is 1. The number of rotatable bonds is 3. The molecule has 1 aliphatic heterocycles. The van der Waals surface area contributed by atoms with Crippen LogP contribution in [0, 0.1) is 18.8 Å². The number of amides is 2. The third kappa shape index (κ3) is 3.56. The molecule has 28 heavy (non-hydrogen) atoms. The summed E-state index contributed by atoms with van der Waals surface area (Å²) in [7, 11) is 0. The lowest BCUT2D eigenvalue weighted by Crippen LogP contribution is -2.42. The zero-order valence-corrected chi connectivity index (χ0v) is 16.7. The van der Waals surface area contributed by atoms with E-state index in [-0.39, 0.29) is 29.7 Å². The molecular weight excluding hydrogens is 348 g/mol. The minimum absolute atomic E-state index is 0.00746. The Morgan fingerprint density at radius 1 is 0.929 bits per heavy atom. The molecule has 146 valence electrons. The first-order valence-electron chi connectivity index (χ1n) is 10.3. The summed E-state index contributed by atoms with van der Waals surface area (Å²) in [6.07, 6.45) is 4.05. The minimum Gasteiger partial charge on any atom is -0.326 e. The average molecular weight is 377 g/mol. The third-order valence-corrected chi connectivity index (χ3v) is 6.29. The second-order valence-corrected chi connectivity index (χ2v) is 8.24. The molecule has 0 saturated heterocycles. The molecule has 1 aliphatic carbocycles. The SMILES string of the molecule is Cc1ccccc1NC(=O)C1CCC(C(=O)N2c3ccccc3CC2C)CC1. The Balaban J connectivity index is 1.37. The summed E-state index contributed by atoms with van der Waals surface area (Å²) in [6, 6.07) is 16.3. The maximum absolute atomic E-state index is 13.2. The number of fused-ring (bicyclic) bond motifs is 1. The minimum atomic E-state index is -0.00746. The number of anilines is 2. The zero-order chi connectivity index (χ0) is 19.7. The molecular formula is C24H28N2O2. The fourth-order valence-corrected chi connectivity index (χ4v) is 4.65. The number of nitrogens with one attached hydrogen (secondary N) is 1. The number of para-hydroxylation sites is 2. The topological polar surface area (TPSA) is 49.4 Å². The lowest BCUT2D eigenvalue weighted by Gasteiger charge is -2.32. The summed E-state index contributed by atoms with van der Waals surface area (Å²) in [4.78, 5) is 27.9. The molecule has 4 nitrogen and oxygen atoms in total. The number of carbonyl (C=O) groups excluding carboxylic acids is 2. The van der Waals surface area contributed by atoms with E-state index in [9.17, 15) is 9.59 Å². The van der Waals surface area contributed by atoms with Crippen molar-refractivity contribution in [1.29, 1.82) is 0 Å². The fraction of sp³-hybridized carbons (Fsp3) is 0.417. The van der Waals surface area contributed by atoms with Gasteiger partial charge in [0.25, 0.3) is 0 Å². The van der Waals surface area contributed by atoms with Gasteiger partial charge >= 0.3 is 0 Å². The summed E-state index contributed by atoms with van der Waals surface area (Å²) in [5.41, 5.74) is 4.28. The smallest absolute Gasteiger partial charge is 0.230 e. The molecule has 1 heterocycles. The van der Waals surface area contributed by atoms with Gasteiger partial charge in [-0.05, 0) is 69.2 Å². The maximum atomic E-state index is 13.2. The maximum Gasteiger partial charge on any atom is 0.230 e. The number of hydrogen-bond donors (Lipinski definition) is 1. The van der Waals surface area contributed by atoms with Crippen LogP contribution in [0.5, 0.6) is 0 Å². The number of carbonyl (C=O) groups is 2. The van der Waals surface area contributed by atoms with Gasteiger partial charge in [-0.1, -0.05) is 36.4 Å². The van der Waals surface area contributed by atoms with Gasteiger partial charge in [0, 0.05) is 29.3 Å². The average Bonchev–Trinajstić information content (AvgIpc) is 3.05. The highest BCUT2D eigenvalue weighted by atomic mass is 16.2. The summed E-state index contributed by atoms with van der Waals surface area (Å²) >= 11 is 0. The molecule has 1 saturated carbocycles. The molecule has 2 aromatic rings. The Labute approximate surface area is 166 Å². The second-order valence-electron chi connectivity index (χ2n) is 8.24. The van der Waals surface area contributed by atoms with Gasteiger partial charge < -0.3 is 10.2 Å². The van der Waals surface area contributed by atoms with Crippen LogP contribution in [-0.2, 0) is 16.0 Å². The molecule has 1 fully saturated rings. The Hall–Kier alpha value is -2.62. The number of aryl methyl sites for hydroxylation is 1. The zero-order valence-electron chi connectivity index (χ0n) is 16.7. The highest BCUT2D eigenvalue weighted by Gasteiger charge is 2.37. The van der Waals surface area contributed by atoms with Crippen molar-refractivity contribution in [3.63, 3.8) is 0 Å². The van der Waals surface area contributed by atoms with Crippen LogP contribution in [0.4, 0.5) is 11.4 Å². The summed E-state index contributed by atoms with van der Waals surface area (Å²) < 4.78 is 0. The van der Waals surface area contributed by atoms with E-state index >= 15 is 0 Å². The van der Waals surface area contributed by atoms with Crippen LogP contribution < -0.4 is 10.2 Å². The predicted octanol–water partition coefficient (Wildman–Crippen LogP) is 4.72. The van der Waals surface area contributed by atoms with Gasteiger partial charge in [-0.15, -0.1) is 0 Å². The van der Waals surface area contributed by atoms with Gasteiger partial charge in [0.15, 0.2) is 0 Å². The van der Waals surface area contributed by atoms with Crippen LogP contribution in [0.25, 0.3) is 0 Å². The molecule has 0 bridgehead atoms. The molecule has 2 amide bonds. The van der Waals surface area contributed by atoms with E-state index in [0.29, 0.717) is 0 Å². The first-order chi connectivity index (χ1) is 13.5. The molecule has 4 heteroatoms. The normalized spacial score (nSPS) is 23.9. The van der Waals surface area contributed by atoms with Crippen molar-refractivity contribution >= 4 is 23.2 Å². The van der Waals surface area contributed by atoms with Crippen molar-refractivity contribution in [2.45, 2.75) is 52.0 Å². The van der Waals surface area contributed by atoms with Crippen LogP contribution >= 0.6 is 0 Å². The van der Waals surface area contributed by atoms with Gasteiger partial charge in [0.1, 0.15) is 0 Å². The summed E-state index contributed by atoms with van der Waals surface area (Å²) in [5, 5.41) is 3.06. The Bertz CT molecular complexity index is 884. The van der Waals surface area contributed by atoms with Crippen LogP contribution in [0.2, 0.25) is 0 Å². The number of benzene rings is 2. The van der Waals surface area contributed by atoms with E-state index in [0.717, 1.165) is 49.0 Å². The van der Waals surface area contributed by atoms with Crippen molar-refractivity contribution in [2.24, 2.45) is 11.8 Å². The van der Waals surface area contributed by atoms with Crippen LogP contribution in [0.15, 0.2) is 48.5 Å². The third-order valence-electron chi connectivity index (χ3n) is 6.29. The van der Waals surface area contributed by atoms with Crippen molar-refractivity contribution in [3.8, 4) is 0 Å². The van der Waals surface area contributed by atoms with Gasteiger partial charge in [-0.25, -0.2) is 0 Å². The van der Waals surface area contributed by atoms with Gasteiger partial charge in [-0.3, -0.25) is 9.59 Å². The molecule has 4 rings (SSSR count). The molecule has 0 radical (unpaired) electrons.